The van der Waals surface area contributed by atoms with E-state index in [9.17, 15) is 4.79 Å². The molecular weight excluding hydrogens is 216 g/mol. The van der Waals surface area contributed by atoms with Crippen molar-refractivity contribution in [2.45, 2.75) is 6.92 Å². The Labute approximate surface area is 99.0 Å². The van der Waals surface area contributed by atoms with Gasteiger partial charge in [0.05, 0.1) is 12.2 Å². The van der Waals surface area contributed by atoms with E-state index in [0.717, 1.165) is 11.3 Å². The van der Waals surface area contributed by atoms with Crippen LogP contribution in [0.15, 0.2) is 36.8 Å². The summed E-state index contributed by atoms with van der Waals surface area (Å²) in [6, 6.07) is 5.65. The number of nitrogens with one attached hydrogen (secondary N) is 1. The molecule has 0 radical (unpaired) electrons. The summed E-state index contributed by atoms with van der Waals surface area (Å²) in [5, 5.41) is 2.83. The van der Waals surface area contributed by atoms with Gasteiger partial charge in [0.25, 0.3) is 0 Å². The third kappa shape index (κ3) is 3.07. The summed E-state index contributed by atoms with van der Waals surface area (Å²) in [6.07, 6.45) is 5.08. The van der Waals surface area contributed by atoms with Crippen molar-refractivity contribution < 1.29 is 4.79 Å². The maximum absolute atomic E-state index is 10.8. The summed E-state index contributed by atoms with van der Waals surface area (Å²) >= 11 is 0. The van der Waals surface area contributed by atoms with Crippen LogP contribution in [-0.2, 0) is 4.79 Å². The molecule has 0 aliphatic rings. The lowest BCUT2D eigenvalue weighted by atomic mass is 10.2. The Morgan fingerprint density at radius 3 is 2.59 bits per heavy atom. The van der Waals surface area contributed by atoms with E-state index < -0.39 is 0 Å². The van der Waals surface area contributed by atoms with Crippen molar-refractivity contribution in [3.63, 3.8) is 0 Å². The smallest absolute Gasteiger partial charge is 0.222 e. The van der Waals surface area contributed by atoms with Gasteiger partial charge < -0.3 is 5.32 Å². The van der Waals surface area contributed by atoms with E-state index in [1.54, 1.807) is 18.6 Å². The number of pyridine rings is 1. The summed E-state index contributed by atoms with van der Waals surface area (Å²) in [5.74, 6) is 0.488. The molecule has 2 rings (SSSR count). The Morgan fingerprint density at radius 1 is 1.24 bits per heavy atom. The highest BCUT2D eigenvalue weighted by Crippen LogP contribution is 2.14. The molecule has 0 unspecified atom stereocenters. The Hall–Kier alpha value is -2.30. The molecule has 0 aromatic carbocycles. The van der Waals surface area contributed by atoms with Crippen molar-refractivity contribution in [1.29, 1.82) is 0 Å². The van der Waals surface area contributed by atoms with Crippen molar-refractivity contribution in [3.8, 4) is 11.3 Å². The first-order valence-electron chi connectivity index (χ1n) is 5.22. The maximum Gasteiger partial charge on any atom is 0.222 e. The predicted molar refractivity (Wildman–Crippen MR) is 64.4 cm³/mol. The van der Waals surface area contributed by atoms with Crippen LogP contribution in [0.2, 0.25) is 0 Å². The standard InChI is InChI=1S/C12H12N4O/c1-9(17)6-14-12-15-7-10(8-16-12)11-4-2-3-5-13-11/h2-5,7-8H,6H2,1H3,(H,14,15,16). The molecule has 0 saturated carbocycles. The Morgan fingerprint density at radius 2 is 2.00 bits per heavy atom. The van der Waals surface area contributed by atoms with Crippen LogP contribution >= 0.6 is 0 Å². The van der Waals surface area contributed by atoms with Crippen LogP contribution in [0.5, 0.6) is 0 Å². The molecule has 2 aromatic rings. The molecule has 0 atom stereocenters. The Bertz CT molecular complexity index is 496. The second-order valence-electron chi connectivity index (χ2n) is 3.57. The van der Waals surface area contributed by atoms with Crippen LogP contribution in [0.1, 0.15) is 6.92 Å². The van der Waals surface area contributed by atoms with E-state index in [4.69, 9.17) is 0 Å². The molecule has 0 spiro atoms. The predicted octanol–water partition coefficient (Wildman–Crippen LogP) is 1.54. The van der Waals surface area contributed by atoms with E-state index in [-0.39, 0.29) is 12.3 Å². The fraction of sp³-hybridized carbons (Fsp3) is 0.167. The topological polar surface area (TPSA) is 67.8 Å². The maximum atomic E-state index is 10.8. The number of anilines is 1. The fourth-order valence-electron chi connectivity index (χ4n) is 1.29. The normalized spacial score (nSPS) is 9.94. The van der Waals surface area contributed by atoms with Gasteiger partial charge in [-0.1, -0.05) is 6.07 Å². The second kappa shape index (κ2) is 5.16. The summed E-state index contributed by atoms with van der Waals surface area (Å²) in [4.78, 5) is 23.2. The zero-order valence-corrected chi connectivity index (χ0v) is 9.42. The number of nitrogens with zero attached hydrogens (tertiary/aromatic N) is 3. The summed E-state index contributed by atoms with van der Waals surface area (Å²) in [7, 11) is 0. The summed E-state index contributed by atoms with van der Waals surface area (Å²) in [6.45, 7) is 1.75. The average Bonchev–Trinajstić information content (AvgIpc) is 2.38. The monoisotopic (exact) mass is 228 g/mol. The minimum absolute atomic E-state index is 0.0439. The van der Waals surface area contributed by atoms with Gasteiger partial charge in [-0.15, -0.1) is 0 Å². The molecule has 2 aromatic heterocycles. The molecule has 0 aliphatic heterocycles. The number of hydrogen-bond acceptors (Lipinski definition) is 5. The number of Topliss-reactive ketones (excluding diaryl/α,β-unsaturated/α-hetero) is 1. The molecular formula is C12H12N4O. The summed E-state index contributed by atoms with van der Waals surface area (Å²) < 4.78 is 0. The van der Waals surface area contributed by atoms with E-state index in [0.29, 0.717) is 5.95 Å². The summed E-state index contributed by atoms with van der Waals surface area (Å²) in [5.41, 5.74) is 1.67. The highest BCUT2D eigenvalue weighted by Gasteiger charge is 2.01. The molecule has 1 N–H and O–H groups in total. The highest BCUT2D eigenvalue weighted by atomic mass is 16.1. The van der Waals surface area contributed by atoms with Gasteiger partial charge in [-0.3, -0.25) is 9.78 Å². The number of carbonyl (C=O) groups excluding carboxylic acids is 1. The lowest BCUT2D eigenvalue weighted by Crippen LogP contribution is -2.11. The SMILES string of the molecule is CC(=O)CNc1ncc(-c2ccccn2)cn1. The van der Waals surface area contributed by atoms with Crippen molar-refractivity contribution >= 4 is 11.7 Å². The van der Waals surface area contributed by atoms with Crippen LogP contribution < -0.4 is 5.32 Å². The highest BCUT2D eigenvalue weighted by molar-refractivity contribution is 5.79. The van der Waals surface area contributed by atoms with E-state index in [2.05, 4.69) is 20.3 Å². The van der Waals surface area contributed by atoms with Gasteiger partial charge >= 0.3 is 0 Å². The molecule has 86 valence electrons. The number of aromatic nitrogens is 3. The van der Waals surface area contributed by atoms with E-state index in [1.165, 1.54) is 6.92 Å². The van der Waals surface area contributed by atoms with Crippen molar-refractivity contribution in [3.05, 3.63) is 36.8 Å². The van der Waals surface area contributed by atoms with Crippen LogP contribution in [0.4, 0.5) is 5.95 Å². The first-order valence-corrected chi connectivity index (χ1v) is 5.22. The number of rotatable bonds is 4. The lowest BCUT2D eigenvalue weighted by Gasteiger charge is -2.03. The van der Waals surface area contributed by atoms with Gasteiger partial charge in [-0.2, -0.15) is 0 Å². The van der Waals surface area contributed by atoms with E-state index >= 15 is 0 Å². The first-order chi connectivity index (χ1) is 8.25. The minimum Gasteiger partial charge on any atom is -0.347 e. The molecule has 0 amide bonds. The molecule has 17 heavy (non-hydrogen) atoms. The Kier molecular flexibility index (Phi) is 3.40. The van der Waals surface area contributed by atoms with Crippen molar-refractivity contribution in [2.24, 2.45) is 0 Å². The zero-order chi connectivity index (χ0) is 12.1. The van der Waals surface area contributed by atoms with Gasteiger partial charge in [0.2, 0.25) is 5.95 Å². The molecule has 0 aliphatic carbocycles. The molecule has 0 bridgehead atoms. The quantitative estimate of drug-likeness (QED) is 0.859. The van der Waals surface area contributed by atoms with Crippen LogP contribution in [0.25, 0.3) is 11.3 Å². The lowest BCUT2D eigenvalue weighted by molar-refractivity contribution is -0.115. The molecule has 5 nitrogen and oxygen atoms in total. The number of ketones is 1. The van der Waals surface area contributed by atoms with Crippen LogP contribution in [-0.4, -0.2) is 27.3 Å². The first kappa shape index (κ1) is 11.2. The van der Waals surface area contributed by atoms with Crippen LogP contribution in [0, 0.1) is 0 Å². The Balaban J connectivity index is 2.11. The number of carbonyl (C=O) groups is 1. The van der Waals surface area contributed by atoms with E-state index in [1.807, 2.05) is 18.2 Å². The van der Waals surface area contributed by atoms with Crippen molar-refractivity contribution in [2.75, 3.05) is 11.9 Å². The third-order valence-corrected chi connectivity index (χ3v) is 2.11. The third-order valence-electron chi connectivity index (χ3n) is 2.11. The largest absolute Gasteiger partial charge is 0.347 e. The van der Waals surface area contributed by atoms with Gasteiger partial charge in [-0.05, 0) is 19.1 Å². The zero-order valence-electron chi connectivity index (χ0n) is 9.42. The average molecular weight is 228 g/mol. The number of hydrogen-bond donors (Lipinski definition) is 1. The van der Waals surface area contributed by atoms with Crippen LogP contribution in [0.3, 0.4) is 0 Å². The fourth-order valence-corrected chi connectivity index (χ4v) is 1.29. The van der Waals surface area contributed by atoms with Gasteiger partial charge in [-0.25, -0.2) is 9.97 Å². The molecule has 0 fully saturated rings. The van der Waals surface area contributed by atoms with Gasteiger partial charge in [0, 0.05) is 24.2 Å². The van der Waals surface area contributed by atoms with Gasteiger partial charge in [0.1, 0.15) is 5.78 Å². The van der Waals surface area contributed by atoms with Crippen molar-refractivity contribution in [1.82, 2.24) is 15.0 Å². The molecule has 5 heteroatoms. The minimum atomic E-state index is 0.0439. The van der Waals surface area contributed by atoms with Gasteiger partial charge in [0.15, 0.2) is 0 Å². The second-order valence-corrected chi connectivity index (χ2v) is 3.57. The molecule has 2 heterocycles. The molecule has 0 saturated heterocycles.